The Kier molecular flexibility index (Phi) is 7.43. The minimum Gasteiger partial charge on any atom is -0.481 e. The third-order valence-corrected chi connectivity index (χ3v) is 3.26. The molecule has 0 spiro atoms. The highest BCUT2D eigenvalue weighted by atomic mass is 16.5. The van der Waals surface area contributed by atoms with Gasteiger partial charge < -0.3 is 20.9 Å². The second-order valence-electron chi connectivity index (χ2n) is 4.98. The summed E-state index contributed by atoms with van der Waals surface area (Å²) in [5.74, 6) is -1.48. The summed E-state index contributed by atoms with van der Waals surface area (Å²) in [6.45, 7) is 1.10. The lowest BCUT2D eigenvalue weighted by Crippen LogP contribution is -2.42. The van der Waals surface area contributed by atoms with Crippen LogP contribution in [0.2, 0.25) is 0 Å². The summed E-state index contributed by atoms with van der Waals surface area (Å²) < 4.78 is 5.71. The van der Waals surface area contributed by atoms with Gasteiger partial charge in [0.2, 0.25) is 5.91 Å². The van der Waals surface area contributed by atoms with Crippen molar-refractivity contribution < 1.29 is 19.4 Å². The minimum atomic E-state index is -1.07. The SMILES string of the molecule is NC(CC(=O)O)C(=O)NCCCOC1CCCCC1. The Bertz CT molecular complexity index is 290. The van der Waals surface area contributed by atoms with Crippen molar-refractivity contribution in [1.29, 1.82) is 0 Å². The summed E-state index contributed by atoms with van der Waals surface area (Å²) in [6, 6.07) is -0.975. The molecular weight excluding hydrogens is 248 g/mol. The molecule has 4 N–H and O–H groups in total. The van der Waals surface area contributed by atoms with Gasteiger partial charge in [0.15, 0.2) is 0 Å². The predicted molar refractivity (Wildman–Crippen MR) is 70.7 cm³/mol. The van der Waals surface area contributed by atoms with Gasteiger partial charge in [-0.3, -0.25) is 9.59 Å². The number of nitrogens with two attached hydrogens (primary N) is 1. The van der Waals surface area contributed by atoms with E-state index in [1.807, 2.05) is 0 Å². The van der Waals surface area contributed by atoms with Gasteiger partial charge >= 0.3 is 5.97 Å². The van der Waals surface area contributed by atoms with Crippen LogP contribution < -0.4 is 11.1 Å². The van der Waals surface area contributed by atoms with Gasteiger partial charge in [0.1, 0.15) is 0 Å². The number of nitrogens with one attached hydrogen (secondary N) is 1. The van der Waals surface area contributed by atoms with Crippen LogP contribution in [0.4, 0.5) is 0 Å². The van der Waals surface area contributed by atoms with Crippen molar-refractivity contribution in [1.82, 2.24) is 5.32 Å². The number of carboxylic acid groups (broad SMARTS) is 1. The van der Waals surface area contributed by atoms with Crippen LogP contribution in [0.15, 0.2) is 0 Å². The van der Waals surface area contributed by atoms with Crippen LogP contribution in [0.5, 0.6) is 0 Å². The summed E-state index contributed by atoms with van der Waals surface area (Å²) in [5.41, 5.74) is 5.43. The molecule has 0 heterocycles. The molecule has 0 aromatic carbocycles. The Morgan fingerprint density at radius 2 is 2.00 bits per heavy atom. The minimum absolute atomic E-state index is 0.343. The fourth-order valence-corrected chi connectivity index (χ4v) is 2.18. The molecule has 6 heteroatoms. The summed E-state index contributed by atoms with van der Waals surface area (Å²) in [5, 5.41) is 11.1. The molecule has 0 radical (unpaired) electrons. The summed E-state index contributed by atoms with van der Waals surface area (Å²) >= 11 is 0. The van der Waals surface area contributed by atoms with Crippen molar-refractivity contribution in [3.63, 3.8) is 0 Å². The molecule has 1 amide bonds. The first kappa shape index (κ1) is 15.9. The third-order valence-electron chi connectivity index (χ3n) is 3.26. The topological polar surface area (TPSA) is 102 Å². The van der Waals surface area contributed by atoms with Crippen LogP contribution in [-0.2, 0) is 14.3 Å². The van der Waals surface area contributed by atoms with Crippen molar-refractivity contribution in [2.45, 2.75) is 57.1 Å². The molecule has 1 aliphatic rings. The van der Waals surface area contributed by atoms with Crippen LogP contribution in [-0.4, -0.2) is 42.3 Å². The molecule has 1 atom stereocenters. The Balaban J connectivity index is 2.00. The second-order valence-corrected chi connectivity index (χ2v) is 4.98. The molecule has 0 aromatic rings. The van der Waals surface area contributed by atoms with Crippen molar-refractivity contribution in [3.05, 3.63) is 0 Å². The highest BCUT2D eigenvalue weighted by molar-refractivity contribution is 5.85. The molecule has 1 unspecified atom stereocenters. The second kappa shape index (κ2) is 8.87. The lowest BCUT2D eigenvalue weighted by atomic mass is 9.98. The Morgan fingerprint density at radius 1 is 1.32 bits per heavy atom. The van der Waals surface area contributed by atoms with Gasteiger partial charge in [-0.15, -0.1) is 0 Å². The number of hydrogen-bond donors (Lipinski definition) is 3. The number of aliphatic carboxylic acids is 1. The molecular formula is C13H24N2O4. The molecule has 0 aliphatic heterocycles. The maximum absolute atomic E-state index is 11.4. The number of carboxylic acids is 1. The fourth-order valence-electron chi connectivity index (χ4n) is 2.18. The van der Waals surface area contributed by atoms with Gasteiger partial charge in [0, 0.05) is 13.2 Å². The zero-order valence-corrected chi connectivity index (χ0v) is 11.3. The number of ether oxygens (including phenoxy) is 1. The quantitative estimate of drug-likeness (QED) is 0.563. The zero-order valence-electron chi connectivity index (χ0n) is 11.3. The molecule has 1 rings (SSSR count). The van der Waals surface area contributed by atoms with Crippen LogP contribution >= 0.6 is 0 Å². The van der Waals surface area contributed by atoms with E-state index >= 15 is 0 Å². The molecule has 110 valence electrons. The Hall–Kier alpha value is -1.14. The molecule has 1 saturated carbocycles. The maximum Gasteiger partial charge on any atom is 0.305 e. The summed E-state index contributed by atoms with van der Waals surface area (Å²) in [6.07, 6.45) is 6.81. The predicted octanol–water partition coefficient (Wildman–Crippen LogP) is 0.644. The van der Waals surface area contributed by atoms with Gasteiger partial charge in [-0.25, -0.2) is 0 Å². The van der Waals surface area contributed by atoms with Gasteiger partial charge in [0.05, 0.1) is 18.6 Å². The van der Waals surface area contributed by atoms with Gasteiger partial charge in [0.25, 0.3) is 0 Å². The highest BCUT2D eigenvalue weighted by Crippen LogP contribution is 2.20. The Morgan fingerprint density at radius 3 is 2.63 bits per heavy atom. The fraction of sp³-hybridized carbons (Fsp3) is 0.846. The van der Waals surface area contributed by atoms with Crippen molar-refractivity contribution in [2.24, 2.45) is 5.73 Å². The number of rotatable bonds is 8. The monoisotopic (exact) mass is 272 g/mol. The van der Waals surface area contributed by atoms with Crippen LogP contribution in [0.3, 0.4) is 0 Å². The van der Waals surface area contributed by atoms with E-state index in [9.17, 15) is 9.59 Å². The standard InChI is InChI=1S/C13H24N2O4/c14-11(9-12(16)17)13(18)15-7-4-8-19-10-5-2-1-3-6-10/h10-11H,1-9,14H2,(H,15,18)(H,16,17). The van der Waals surface area contributed by atoms with Crippen LogP contribution in [0.25, 0.3) is 0 Å². The molecule has 6 nitrogen and oxygen atoms in total. The van der Waals surface area contributed by atoms with E-state index in [-0.39, 0.29) is 6.42 Å². The Labute approximate surface area is 113 Å². The molecule has 0 saturated heterocycles. The number of amides is 1. The average molecular weight is 272 g/mol. The van der Waals surface area contributed by atoms with Crippen molar-refractivity contribution in [2.75, 3.05) is 13.2 Å². The first-order valence-corrected chi connectivity index (χ1v) is 6.96. The van der Waals surface area contributed by atoms with E-state index in [4.69, 9.17) is 15.6 Å². The lowest BCUT2D eigenvalue weighted by Gasteiger charge is -2.22. The molecule has 0 bridgehead atoms. The van der Waals surface area contributed by atoms with Crippen LogP contribution in [0, 0.1) is 0 Å². The molecule has 19 heavy (non-hydrogen) atoms. The summed E-state index contributed by atoms with van der Waals surface area (Å²) in [4.78, 5) is 21.8. The van der Waals surface area contributed by atoms with E-state index in [1.165, 1.54) is 19.3 Å². The van der Waals surface area contributed by atoms with E-state index < -0.39 is 17.9 Å². The first-order valence-electron chi connectivity index (χ1n) is 6.96. The normalized spacial score (nSPS) is 17.9. The zero-order chi connectivity index (χ0) is 14.1. The molecule has 0 aromatic heterocycles. The first-order chi connectivity index (χ1) is 9.09. The third kappa shape index (κ3) is 7.12. The number of carbonyl (C=O) groups excluding carboxylic acids is 1. The van der Waals surface area contributed by atoms with Crippen molar-refractivity contribution in [3.8, 4) is 0 Å². The average Bonchev–Trinajstić information content (AvgIpc) is 2.38. The highest BCUT2D eigenvalue weighted by Gasteiger charge is 2.16. The number of hydrogen-bond acceptors (Lipinski definition) is 4. The van der Waals surface area contributed by atoms with Gasteiger partial charge in [-0.1, -0.05) is 19.3 Å². The maximum atomic E-state index is 11.4. The van der Waals surface area contributed by atoms with Gasteiger partial charge in [-0.05, 0) is 19.3 Å². The van der Waals surface area contributed by atoms with E-state index in [0.29, 0.717) is 19.3 Å². The van der Waals surface area contributed by atoms with Crippen molar-refractivity contribution >= 4 is 11.9 Å². The largest absolute Gasteiger partial charge is 0.481 e. The lowest BCUT2D eigenvalue weighted by molar-refractivity contribution is -0.139. The summed E-state index contributed by atoms with van der Waals surface area (Å²) in [7, 11) is 0. The smallest absolute Gasteiger partial charge is 0.305 e. The van der Waals surface area contributed by atoms with Crippen LogP contribution in [0.1, 0.15) is 44.9 Å². The van der Waals surface area contributed by atoms with E-state index in [2.05, 4.69) is 5.32 Å². The molecule has 1 aliphatic carbocycles. The van der Waals surface area contributed by atoms with E-state index in [0.717, 1.165) is 19.3 Å². The van der Waals surface area contributed by atoms with Gasteiger partial charge in [-0.2, -0.15) is 0 Å². The molecule has 1 fully saturated rings. The number of carbonyl (C=O) groups is 2. The van der Waals surface area contributed by atoms with E-state index in [1.54, 1.807) is 0 Å².